The first-order valence-electron chi connectivity index (χ1n) is 6.25. The second-order valence-electron chi connectivity index (χ2n) is 4.38. The third-order valence-electron chi connectivity index (χ3n) is 2.95. The Bertz CT molecular complexity index is 819. The predicted octanol–water partition coefficient (Wildman–Crippen LogP) is 5.44. The summed E-state index contributed by atoms with van der Waals surface area (Å²) in [4.78, 5) is 10.3. The summed E-state index contributed by atoms with van der Waals surface area (Å²) in [6.45, 7) is 2.06. The van der Waals surface area contributed by atoms with E-state index in [9.17, 15) is 4.39 Å². The van der Waals surface area contributed by atoms with Crippen LogP contribution >= 0.6 is 34.5 Å². The summed E-state index contributed by atoms with van der Waals surface area (Å²) in [6, 6.07) is 6.41. The third kappa shape index (κ3) is 2.95. The molecule has 0 aliphatic heterocycles. The van der Waals surface area contributed by atoms with E-state index in [0.717, 1.165) is 16.6 Å². The van der Waals surface area contributed by atoms with Crippen LogP contribution in [0.5, 0.6) is 0 Å². The highest BCUT2D eigenvalue weighted by molar-refractivity contribution is 7.18. The van der Waals surface area contributed by atoms with E-state index < -0.39 is 5.82 Å². The molecule has 0 atom stereocenters. The molecule has 2 heterocycles. The molecule has 0 saturated carbocycles. The molecule has 0 radical (unpaired) electrons. The molecule has 0 saturated heterocycles. The van der Waals surface area contributed by atoms with Crippen LogP contribution in [-0.4, -0.2) is 9.97 Å². The second kappa shape index (κ2) is 5.75. The number of hydrogen-bond acceptors (Lipinski definition) is 4. The summed E-state index contributed by atoms with van der Waals surface area (Å²) in [5, 5.41) is 4.26. The quantitative estimate of drug-likeness (QED) is 0.644. The van der Waals surface area contributed by atoms with Crippen molar-refractivity contribution in [2.75, 3.05) is 5.32 Å². The number of aromatic nitrogens is 2. The minimum Gasteiger partial charge on any atom is -0.337 e. The Balaban J connectivity index is 2.08. The van der Waals surface area contributed by atoms with Crippen LogP contribution in [-0.2, 0) is 6.42 Å². The van der Waals surface area contributed by atoms with E-state index in [1.165, 1.54) is 10.9 Å². The summed E-state index contributed by atoms with van der Waals surface area (Å²) in [5.74, 6) is 0.0403. The van der Waals surface area contributed by atoms with Crippen LogP contribution in [0.15, 0.2) is 24.3 Å². The summed E-state index contributed by atoms with van der Waals surface area (Å²) in [5.41, 5.74) is 0.291. The van der Waals surface area contributed by atoms with E-state index in [1.54, 1.807) is 23.5 Å². The summed E-state index contributed by atoms with van der Waals surface area (Å²) < 4.78 is 13.9. The van der Waals surface area contributed by atoms with Gasteiger partial charge in [-0.05, 0) is 42.3 Å². The lowest BCUT2D eigenvalue weighted by Crippen LogP contribution is -1.98. The molecule has 0 aliphatic carbocycles. The molecule has 21 heavy (non-hydrogen) atoms. The van der Waals surface area contributed by atoms with Crippen LogP contribution in [0, 0.1) is 5.82 Å². The molecule has 3 nitrogen and oxygen atoms in total. The molecule has 2 aromatic heterocycles. The summed E-state index contributed by atoms with van der Waals surface area (Å²) in [6.07, 6.45) is 0.896. The molecule has 3 aromatic rings. The molecular formula is C14H10Cl2FN3S. The average molecular weight is 342 g/mol. The van der Waals surface area contributed by atoms with E-state index in [-0.39, 0.29) is 5.28 Å². The van der Waals surface area contributed by atoms with Gasteiger partial charge in [-0.1, -0.05) is 18.5 Å². The number of anilines is 2. The number of nitrogens with one attached hydrogen (secondary N) is 1. The van der Waals surface area contributed by atoms with Gasteiger partial charge in [-0.2, -0.15) is 4.98 Å². The molecule has 3 rings (SSSR count). The zero-order valence-electron chi connectivity index (χ0n) is 11.0. The Morgan fingerprint density at radius 3 is 2.76 bits per heavy atom. The fraction of sp³-hybridized carbons (Fsp3) is 0.143. The first-order valence-corrected chi connectivity index (χ1v) is 7.82. The van der Waals surface area contributed by atoms with Gasteiger partial charge in [-0.15, -0.1) is 11.3 Å². The predicted molar refractivity (Wildman–Crippen MR) is 86.5 cm³/mol. The maximum absolute atomic E-state index is 13.9. The molecule has 0 unspecified atom stereocenters. The van der Waals surface area contributed by atoms with E-state index in [0.29, 0.717) is 16.5 Å². The van der Waals surface area contributed by atoms with E-state index in [4.69, 9.17) is 23.2 Å². The second-order valence-corrected chi connectivity index (χ2v) is 6.27. The van der Waals surface area contributed by atoms with Crippen LogP contribution in [0.25, 0.3) is 10.2 Å². The highest BCUT2D eigenvalue weighted by Crippen LogP contribution is 2.32. The van der Waals surface area contributed by atoms with Crippen molar-refractivity contribution in [2.45, 2.75) is 13.3 Å². The zero-order chi connectivity index (χ0) is 15.0. The maximum Gasteiger partial charge on any atom is 0.225 e. The number of benzene rings is 1. The van der Waals surface area contributed by atoms with Gasteiger partial charge in [0.2, 0.25) is 5.28 Å². The fourth-order valence-corrected chi connectivity index (χ4v) is 3.28. The van der Waals surface area contributed by atoms with Crippen molar-refractivity contribution in [1.29, 1.82) is 0 Å². The van der Waals surface area contributed by atoms with Gasteiger partial charge in [-0.25, -0.2) is 9.37 Å². The van der Waals surface area contributed by atoms with Gasteiger partial charge in [0.1, 0.15) is 16.5 Å². The van der Waals surface area contributed by atoms with Crippen molar-refractivity contribution in [3.63, 3.8) is 0 Å². The maximum atomic E-state index is 13.9. The van der Waals surface area contributed by atoms with Crippen molar-refractivity contribution in [2.24, 2.45) is 0 Å². The van der Waals surface area contributed by atoms with Crippen LogP contribution < -0.4 is 5.32 Å². The molecule has 0 aliphatic rings. The van der Waals surface area contributed by atoms with Crippen molar-refractivity contribution < 1.29 is 4.39 Å². The zero-order valence-corrected chi connectivity index (χ0v) is 13.3. The average Bonchev–Trinajstić information content (AvgIpc) is 2.85. The molecule has 0 fully saturated rings. The third-order valence-corrected chi connectivity index (χ3v) is 4.53. The first-order chi connectivity index (χ1) is 10.1. The molecule has 108 valence electrons. The van der Waals surface area contributed by atoms with Gasteiger partial charge in [0, 0.05) is 9.90 Å². The van der Waals surface area contributed by atoms with Gasteiger partial charge >= 0.3 is 0 Å². The van der Waals surface area contributed by atoms with Gasteiger partial charge in [0.05, 0.1) is 11.1 Å². The SMILES string of the molecule is CCc1cc2c(Nc3ccc(Cl)cc3F)nc(Cl)nc2s1. The topological polar surface area (TPSA) is 37.8 Å². The monoisotopic (exact) mass is 341 g/mol. The molecular weight excluding hydrogens is 332 g/mol. The van der Waals surface area contributed by atoms with Crippen molar-refractivity contribution in [1.82, 2.24) is 9.97 Å². The minimum atomic E-state index is -0.448. The highest BCUT2D eigenvalue weighted by Gasteiger charge is 2.12. The molecule has 0 bridgehead atoms. The summed E-state index contributed by atoms with van der Waals surface area (Å²) >= 11 is 13.2. The van der Waals surface area contributed by atoms with Crippen LogP contribution in [0.1, 0.15) is 11.8 Å². The molecule has 1 N–H and O–H groups in total. The Hall–Kier alpha value is -1.43. The summed E-state index contributed by atoms with van der Waals surface area (Å²) in [7, 11) is 0. The van der Waals surface area contributed by atoms with Gasteiger partial charge in [0.15, 0.2) is 0 Å². The first kappa shape index (κ1) is 14.5. The number of hydrogen-bond donors (Lipinski definition) is 1. The normalized spacial score (nSPS) is 11.0. The lowest BCUT2D eigenvalue weighted by Gasteiger charge is -2.08. The number of thiophene rings is 1. The lowest BCUT2D eigenvalue weighted by molar-refractivity contribution is 0.632. The smallest absolute Gasteiger partial charge is 0.225 e. The molecule has 1 aromatic carbocycles. The van der Waals surface area contributed by atoms with Crippen LogP contribution in [0.2, 0.25) is 10.3 Å². The van der Waals surface area contributed by atoms with Crippen molar-refractivity contribution >= 4 is 56.3 Å². The number of fused-ring (bicyclic) bond motifs is 1. The van der Waals surface area contributed by atoms with Crippen LogP contribution in [0.4, 0.5) is 15.9 Å². The minimum absolute atomic E-state index is 0.129. The van der Waals surface area contributed by atoms with Gasteiger partial charge in [-0.3, -0.25) is 0 Å². The molecule has 0 spiro atoms. The van der Waals surface area contributed by atoms with Gasteiger partial charge < -0.3 is 5.32 Å². The van der Waals surface area contributed by atoms with E-state index in [2.05, 4.69) is 22.2 Å². The highest BCUT2D eigenvalue weighted by atomic mass is 35.5. The van der Waals surface area contributed by atoms with E-state index in [1.807, 2.05) is 6.07 Å². The Labute approximate surface area is 134 Å². The van der Waals surface area contributed by atoms with Crippen molar-refractivity contribution in [3.8, 4) is 0 Å². The molecule has 0 amide bonds. The van der Waals surface area contributed by atoms with Gasteiger partial charge in [0.25, 0.3) is 0 Å². The largest absolute Gasteiger partial charge is 0.337 e. The Kier molecular flexibility index (Phi) is 3.97. The van der Waals surface area contributed by atoms with Crippen LogP contribution in [0.3, 0.4) is 0 Å². The Morgan fingerprint density at radius 2 is 2.05 bits per heavy atom. The lowest BCUT2D eigenvalue weighted by atomic mass is 10.2. The number of halogens is 3. The Morgan fingerprint density at radius 1 is 1.24 bits per heavy atom. The number of aryl methyl sites for hydroxylation is 1. The number of nitrogens with zero attached hydrogens (tertiary/aromatic N) is 2. The number of rotatable bonds is 3. The fourth-order valence-electron chi connectivity index (χ4n) is 1.93. The standard InChI is InChI=1S/C14H10Cl2FN3S/c1-2-8-6-9-12(19-14(16)20-13(9)21-8)18-11-4-3-7(15)5-10(11)17/h3-6H,2H2,1H3,(H,18,19,20). The van der Waals surface area contributed by atoms with E-state index >= 15 is 0 Å². The van der Waals surface area contributed by atoms with Crippen molar-refractivity contribution in [3.05, 3.63) is 45.3 Å². The molecule has 7 heteroatoms.